The number of hydrogen-bond donors (Lipinski definition) is 1. The molecule has 0 aromatic heterocycles. The molecule has 4 heteroatoms. The Hall–Kier alpha value is -0.610. The van der Waals surface area contributed by atoms with Gasteiger partial charge in [-0.1, -0.05) is 6.92 Å². The Morgan fingerprint density at radius 3 is 2.71 bits per heavy atom. The zero-order valence-corrected chi connectivity index (χ0v) is 11.5. The predicted molar refractivity (Wildman–Crippen MR) is 68.7 cm³/mol. The van der Waals surface area contributed by atoms with Crippen LogP contribution in [-0.2, 0) is 9.53 Å². The van der Waals surface area contributed by atoms with E-state index in [1.165, 1.54) is 20.0 Å². The molecular weight excluding hydrogens is 216 g/mol. The average Bonchev–Trinajstić information content (AvgIpc) is 2.29. The number of nitrogens with zero attached hydrogens (tertiary/aromatic N) is 1. The van der Waals surface area contributed by atoms with Gasteiger partial charge in [0.05, 0.1) is 7.11 Å². The van der Waals surface area contributed by atoms with Gasteiger partial charge in [-0.05, 0) is 39.0 Å². The molecule has 0 aliphatic carbocycles. The summed E-state index contributed by atoms with van der Waals surface area (Å²) in [4.78, 5) is 13.9. The first-order valence-electron chi connectivity index (χ1n) is 6.48. The zero-order valence-electron chi connectivity index (χ0n) is 11.5. The van der Waals surface area contributed by atoms with E-state index in [2.05, 4.69) is 18.7 Å². The van der Waals surface area contributed by atoms with Crippen LogP contribution in [0.25, 0.3) is 0 Å². The van der Waals surface area contributed by atoms with Gasteiger partial charge in [-0.15, -0.1) is 0 Å². The monoisotopic (exact) mass is 242 g/mol. The second-order valence-electron chi connectivity index (χ2n) is 5.69. The standard InChI is InChI=1S/C13H26N2O2/c1-10-5-6-11(2)15(9-10)8-7-13(3,14)12(16)17-4/h10-11H,5-9,14H2,1-4H3. The summed E-state index contributed by atoms with van der Waals surface area (Å²) in [5.74, 6) is 0.420. The first kappa shape index (κ1) is 14.5. The lowest BCUT2D eigenvalue weighted by Crippen LogP contribution is -2.50. The van der Waals surface area contributed by atoms with Crippen molar-refractivity contribution in [2.45, 2.75) is 51.6 Å². The molecule has 1 aliphatic heterocycles. The van der Waals surface area contributed by atoms with Gasteiger partial charge in [-0.3, -0.25) is 4.79 Å². The van der Waals surface area contributed by atoms with Gasteiger partial charge >= 0.3 is 5.97 Å². The van der Waals surface area contributed by atoms with Crippen molar-refractivity contribution in [2.24, 2.45) is 11.7 Å². The first-order valence-corrected chi connectivity index (χ1v) is 6.48. The van der Waals surface area contributed by atoms with E-state index in [4.69, 9.17) is 10.5 Å². The number of ether oxygens (including phenoxy) is 1. The maximum Gasteiger partial charge on any atom is 0.325 e. The minimum Gasteiger partial charge on any atom is -0.468 e. The third-order valence-corrected chi connectivity index (χ3v) is 3.82. The van der Waals surface area contributed by atoms with Crippen molar-refractivity contribution >= 4 is 5.97 Å². The van der Waals surface area contributed by atoms with E-state index in [0.29, 0.717) is 12.5 Å². The van der Waals surface area contributed by atoms with Crippen LogP contribution in [0.5, 0.6) is 0 Å². The molecule has 17 heavy (non-hydrogen) atoms. The molecular formula is C13H26N2O2. The molecule has 2 N–H and O–H groups in total. The molecule has 1 saturated heterocycles. The largest absolute Gasteiger partial charge is 0.468 e. The van der Waals surface area contributed by atoms with Gasteiger partial charge in [0.15, 0.2) is 0 Å². The van der Waals surface area contributed by atoms with Gasteiger partial charge in [0.25, 0.3) is 0 Å². The molecule has 0 aromatic rings. The topological polar surface area (TPSA) is 55.6 Å². The number of piperidine rings is 1. The molecule has 1 rings (SSSR count). The fourth-order valence-corrected chi connectivity index (χ4v) is 2.40. The third-order valence-electron chi connectivity index (χ3n) is 3.82. The maximum atomic E-state index is 11.5. The van der Waals surface area contributed by atoms with Gasteiger partial charge in [-0.2, -0.15) is 0 Å². The van der Waals surface area contributed by atoms with Gasteiger partial charge in [0.2, 0.25) is 0 Å². The number of esters is 1. The molecule has 0 radical (unpaired) electrons. The minimum absolute atomic E-state index is 0.324. The van der Waals surface area contributed by atoms with Crippen LogP contribution in [0.1, 0.15) is 40.0 Å². The Labute approximate surface area is 104 Å². The maximum absolute atomic E-state index is 11.5. The summed E-state index contributed by atoms with van der Waals surface area (Å²) in [6.07, 6.45) is 3.19. The quantitative estimate of drug-likeness (QED) is 0.757. The molecule has 3 atom stereocenters. The molecule has 4 nitrogen and oxygen atoms in total. The molecule has 1 heterocycles. The van der Waals surface area contributed by atoms with Crippen molar-refractivity contribution in [3.8, 4) is 0 Å². The highest BCUT2D eigenvalue weighted by Crippen LogP contribution is 2.22. The molecule has 1 aliphatic rings. The van der Waals surface area contributed by atoms with Crippen molar-refractivity contribution in [1.82, 2.24) is 4.90 Å². The fourth-order valence-electron chi connectivity index (χ4n) is 2.40. The van der Waals surface area contributed by atoms with E-state index in [0.717, 1.165) is 19.0 Å². The van der Waals surface area contributed by atoms with Crippen LogP contribution in [-0.4, -0.2) is 42.6 Å². The summed E-state index contributed by atoms with van der Waals surface area (Å²) < 4.78 is 4.72. The fraction of sp³-hybridized carbons (Fsp3) is 0.923. The van der Waals surface area contributed by atoms with Gasteiger partial charge in [-0.25, -0.2) is 0 Å². The highest BCUT2D eigenvalue weighted by Gasteiger charge is 2.31. The highest BCUT2D eigenvalue weighted by atomic mass is 16.5. The normalized spacial score (nSPS) is 29.7. The number of nitrogens with two attached hydrogens (primary N) is 1. The van der Waals surface area contributed by atoms with Crippen molar-refractivity contribution in [1.29, 1.82) is 0 Å². The van der Waals surface area contributed by atoms with Gasteiger partial charge in [0.1, 0.15) is 5.54 Å². The summed E-state index contributed by atoms with van der Waals surface area (Å²) in [6, 6.07) is 0.597. The van der Waals surface area contributed by atoms with Gasteiger partial charge < -0.3 is 15.4 Å². The third kappa shape index (κ3) is 3.96. The minimum atomic E-state index is -0.866. The number of hydrogen-bond acceptors (Lipinski definition) is 4. The summed E-state index contributed by atoms with van der Waals surface area (Å²) in [5.41, 5.74) is 5.10. The first-order chi connectivity index (χ1) is 7.86. The second-order valence-corrected chi connectivity index (χ2v) is 5.69. The van der Waals surface area contributed by atoms with E-state index in [9.17, 15) is 4.79 Å². The van der Waals surface area contributed by atoms with Crippen LogP contribution in [0.3, 0.4) is 0 Å². The molecule has 0 bridgehead atoms. The molecule has 1 fully saturated rings. The Kier molecular flexibility index (Phi) is 4.95. The molecule has 0 aromatic carbocycles. The summed E-state index contributed by atoms with van der Waals surface area (Å²) in [5, 5.41) is 0. The van der Waals surface area contributed by atoms with E-state index in [1.54, 1.807) is 6.92 Å². The van der Waals surface area contributed by atoms with Crippen molar-refractivity contribution in [3.05, 3.63) is 0 Å². The van der Waals surface area contributed by atoms with Crippen LogP contribution in [0.15, 0.2) is 0 Å². The number of likely N-dealkylation sites (tertiary alicyclic amines) is 1. The number of carbonyl (C=O) groups is 1. The van der Waals surface area contributed by atoms with Crippen LogP contribution in [0.2, 0.25) is 0 Å². The lowest BCUT2D eigenvalue weighted by molar-refractivity contribution is -0.146. The lowest BCUT2D eigenvalue weighted by atomic mass is 9.93. The second kappa shape index (κ2) is 5.83. The summed E-state index contributed by atoms with van der Waals surface area (Å²) >= 11 is 0. The molecule has 0 saturated carbocycles. The molecule has 100 valence electrons. The number of rotatable bonds is 4. The number of carbonyl (C=O) groups excluding carboxylic acids is 1. The Morgan fingerprint density at radius 1 is 1.47 bits per heavy atom. The molecule has 0 spiro atoms. The van der Waals surface area contributed by atoms with Crippen LogP contribution in [0.4, 0.5) is 0 Å². The van der Waals surface area contributed by atoms with Crippen molar-refractivity contribution in [2.75, 3.05) is 20.2 Å². The summed E-state index contributed by atoms with van der Waals surface area (Å²) in [6.45, 7) is 8.25. The Balaban J connectivity index is 2.46. The SMILES string of the molecule is COC(=O)C(C)(N)CCN1CC(C)CCC1C. The Morgan fingerprint density at radius 2 is 2.12 bits per heavy atom. The molecule has 3 unspecified atom stereocenters. The highest BCUT2D eigenvalue weighted by molar-refractivity contribution is 5.79. The van der Waals surface area contributed by atoms with Crippen LogP contribution >= 0.6 is 0 Å². The van der Waals surface area contributed by atoms with Crippen molar-refractivity contribution in [3.63, 3.8) is 0 Å². The van der Waals surface area contributed by atoms with Crippen LogP contribution < -0.4 is 5.73 Å². The average molecular weight is 242 g/mol. The number of methoxy groups -OCH3 is 1. The Bertz CT molecular complexity index is 266. The van der Waals surface area contributed by atoms with E-state index >= 15 is 0 Å². The summed E-state index contributed by atoms with van der Waals surface area (Å²) in [7, 11) is 1.39. The van der Waals surface area contributed by atoms with Crippen LogP contribution in [0, 0.1) is 5.92 Å². The van der Waals surface area contributed by atoms with E-state index in [1.807, 2.05) is 0 Å². The van der Waals surface area contributed by atoms with Gasteiger partial charge in [0, 0.05) is 19.1 Å². The van der Waals surface area contributed by atoms with E-state index in [-0.39, 0.29) is 5.97 Å². The van der Waals surface area contributed by atoms with E-state index < -0.39 is 5.54 Å². The lowest BCUT2D eigenvalue weighted by Gasteiger charge is -2.38. The zero-order chi connectivity index (χ0) is 13.1. The smallest absolute Gasteiger partial charge is 0.325 e. The predicted octanol–water partition coefficient (Wildman–Crippen LogP) is 1.39. The van der Waals surface area contributed by atoms with Crippen molar-refractivity contribution < 1.29 is 9.53 Å². The molecule has 0 amide bonds.